The van der Waals surface area contributed by atoms with Gasteiger partial charge in [0.15, 0.2) is 5.82 Å². The normalized spacial score (nSPS) is 15.3. The minimum Gasteiger partial charge on any atom is -0.438 e. The van der Waals surface area contributed by atoms with Gasteiger partial charge in [-0.3, -0.25) is 14.2 Å². The number of anilines is 2. The SMILES string of the molecule is Cc1ncn(-c2ccc(Oc3ccc(NC(=O)C4CC(=O)N(c5ccccc5)C4)cc3)nn2)c1C. The van der Waals surface area contributed by atoms with Crippen molar-refractivity contribution in [3.63, 3.8) is 0 Å². The van der Waals surface area contributed by atoms with Crippen molar-refractivity contribution in [1.82, 2.24) is 19.7 Å². The first kappa shape index (κ1) is 22.3. The van der Waals surface area contributed by atoms with Gasteiger partial charge < -0.3 is 15.0 Å². The average Bonchev–Trinajstić information content (AvgIpc) is 3.43. The fourth-order valence-electron chi connectivity index (χ4n) is 3.94. The largest absolute Gasteiger partial charge is 0.438 e. The molecule has 4 aromatic rings. The lowest BCUT2D eigenvalue weighted by Gasteiger charge is -2.16. The van der Waals surface area contributed by atoms with Crippen LogP contribution < -0.4 is 15.0 Å². The smallest absolute Gasteiger partial charge is 0.238 e. The second-order valence-electron chi connectivity index (χ2n) is 8.37. The first-order chi connectivity index (χ1) is 17.0. The van der Waals surface area contributed by atoms with Gasteiger partial charge in [0.25, 0.3) is 0 Å². The molecule has 1 atom stereocenters. The van der Waals surface area contributed by atoms with Crippen LogP contribution in [0.2, 0.25) is 0 Å². The van der Waals surface area contributed by atoms with E-state index < -0.39 is 5.92 Å². The van der Waals surface area contributed by atoms with Crippen molar-refractivity contribution in [2.24, 2.45) is 5.92 Å². The van der Waals surface area contributed by atoms with Gasteiger partial charge in [0, 0.05) is 36.1 Å². The van der Waals surface area contributed by atoms with Gasteiger partial charge in [-0.05, 0) is 56.3 Å². The molecule has 35 heavy (non-hydrogen) atoms. The lowest BCUT2D eigenvalue weighted by molar-refractivity contribution is -0.122. The molecule has 5 rings (SSSR count). The fourth-order valence-corrected chi connectivity index (χ4v) is 3.94. The van der Waals surface area contributed by atoms with Gasteiger partial charge in [-0.15, -0.1) is 10.2 Å². The number of amides is 2. The molecule has 0 saturated carbocycles. The van der Waals surface area contributed by atoms with Crippen molar-refractivity contribution >= 4 is 23.2 Å². The van der Waals surface area contributed by atoms with E-state index in [0.29, 0.717) is 29.7 Å². The quantitative estimate of drug-likeness (QED) is 0.458. The molecule has 0 radical (unpaired) electrons. The van der Waals surface area contributed by atoms with E-state index in [2.05, 4.69) is 20.5 Å². The maximum absolute atomic E-state index is 12.7. The van der Waals surface area contributed by atoms with Crippen LogP contribution in [0.15, 0.2) is 73.1 Å². The molecule has 2 aromatic heterocycles. The van der Waals surface area contributed by atoms with Crippen LogP contribution in [0.4, 0.5) is 11.4 Å². The summed E-state index contributed by atoms with van der Waals surface area (Å²) in [4.78, 5) is 31.1. The van der Waals surface area contributed by atoms with Crippen LogP contribution in [0.25, 0.3) is 5.82 Å². The Morgan fingerprint density at radius 2 is 1.77 bits per heavy atom. The standard InChI is InChI=1S/C26H24N6O3/c1-17-18(2)32(16-27-17)23-12-13-24(30-29-23)35-22-10-8-20(9-11-22)28-26(34)19-14-25(33)31(15-19)21-6-4-3-5-7-21/h3-13,16,19H,14-15H2,1-2H3,(H,28,34). The van der Waals surface area contributed by atoms with Gasteiger partial charge in [0.2, 0.25) is 17.7 Å². The summed E-state index contributed by atoms with van der Waals surface area (Å²) < 4.78 is 7.64. The van der Waals surface area contributed by atoms with Crippen molar-refractivity contribution in [2.45, 2.75) is 20.3 Å². The molecule has 0 bridgehead atoms. The van der Waals surface area contributed by atoms with Crippen molar-refractivity contribution in [3.05, 3.63) is 84.4 Å². The summed E-state index contributed by atoms with van der Waals surface area (Å²) in [5, 5.41) is 11.2. The number of imidazole rings is 1. The molecule has 0 spiro atoms. The Hall–Kier alpha value is -4.53. The van der Waals surface area contributed by atoms with Gasteiger partial charge in [0.05, 0.1) is 11.6 Å². The molecular weight excluding hydrogens is 444 g/mol. The highest BCUT2D eigenvalue weighted by molar-refractivity contribution is 6.03. The topological polar surface area (TPSA) is 102 Å². The molecule has 2 aromatic carbocycles. The van der Waals surface area contributed by atoms with Gasteiger partial charge in [-0.1, -0.05) is 18.2 Å². The molecule has 1 aliphatic heterocycles. The number of hydrogen-bond acceptors (Lipinski definition) is 6. The predicted octanol–water partition coefficient (Wildman–Crippen LogP) is 4.06. The van der Waals surface area contributed by atoms with Gasteiger partial charge in [-0.25, -0.2) is 4.98 Å². The first-order valence-electron chi connectivity index (χ1n) is 11.3. The number of aromatic nitrogens is 4. The van der Waals surface area contributed by atoms with Crippen molar-refractivity contribution in [3.8, 4) is 17.4 Å². The van der Waals surface area contributed by atoms with Crippen LogP contribution in [-0.2, 0) is 9.59 Å². The molecule has 2 amide bonds. The molecule has 1 aliphatic rings. The Balaban J connectivity index is 1.18. The Kier molecular flexibility index (Phi) is 5.97. The van der Waals surface area contributed by atoms with Gasteiger partial charge in [-0.2, -0.15) is 0 Å². The minimum atomic E-state index is -0.407. The third-order valence-corrected chi connectivity index (χ3v) is 6.03. The summed E-state index contributed by atoms with van der Waals surface area (Å²) in [7, 11) is 0. The second-order valence-corrected chi connectivity index (χ2v) is 8.37. The maximum atomic E-state index is 12.7. The summed E-state index contributed by atoms with van der Waals surface area (Å²) >= 11 is 0. The van der Waals surface area contributed by atoms with E-state index in [-0.39, 0.29) is 18.2 Å². The highest BCUT2D eigenvalue weighted by Gasteiger charge is 2.35. The summed E-state index contributed by atoms with van der Waals surface area (Å²) in [5.74, 6) is 0.930. The monoisotopic (exact) mass is 468 g/mol. The van der Waals surface area contributed by atoms with E-state index in [1.165, 1.54) is 0 Å². The van der Waals surface area contributed by atoms with Crippen LogP contribution >= 0.6 is 0 Å². The summed E-state index contributed by atoms with van der Waals surface area (Å²) in [6.45, 7) is 4.27. The Morgan fingerprint density at radius 1 is 1.00 bits per heavy atom. The van der Waals surface area contributed by atoms with E-state index in [1.54, 1.807) is 41.6 Å². The molecule has 9 nitrogen and oxygen atoms in total. The van der Waals surface area contributed by atoms with E-state index in [9.17, 15) is 9.59 Å². The number of rotatable bonds is 6. The van der Waals surface area contributed by atoms with Crippen LogP contribution in [-0.4, -0.2) is 38.1 Å². The number of carbonyl (C=O) groups is 2. The lowest BCUT2D eigenvalue weighted by atomic mass is 10.1. The number of nitrogens with zero attached hydrogens (tertiary/aromatic N) is 5. The third kappa shape index (κ3) is 4.74. The highest BCUT2D eigenvalue weighted by atomic mass is 16.5. The van der Waals surface area contributed by atoms with Crippen molar-refractivity contribution in [1.29, 1.82) is 0 Å². The zero-order chi connectivity index (χ0) is 24.4. The molecule has 1 saturated heterocycles. The van der Waals surface area contributed by atoms with Crippen molar-refractivity contribution in [2.75, 3.05) is 16.8 Å². The first-order valence-corrected chi connectivity index (χ1v) is 11.3. The van der Waals surface area contributed by atoms with Crippen LogP contribution in [0, 0.1) is 19.8 Å². The average molecular weight is 469 g/mol. The van der Waals surface area contributed by atoms with E-state index in [4.69, 9.17) is 4.74 Å². The Labute approximate surface area is 202 Å². The lowest BCUT2D eigenvalue weighted by Crippen LogP contribution is -2.28. The zero-order valence-corrected chi connectivity index (χ0v) is 19.4. The van der Waals surface area contributed by atoms with Crippen molar-refractivity contribution < 1.29 is 14.3 Å². The number of benzene rings is 2. The van der Waals surface area contributed by atoms with Crippen LogP contribution in [0.1, 0.15) is 17.8 Å². The van der Waals surface area contributed by atoms with Crippen LogP contribution in [0.5, 0.6) is 11.6 Å². The Bertz CT molecular complexity index is 1350. The van der Waals surface area contributed by atoms with E-state index in [1.807, 2.05) is 54.8 Å². The molecule has 3 heterocycles. The molecule has 0 aliphatic carbocycles. The summed E-state index contributed by atoms with van der Waals surface area (Å²) in [5.41, 5.74) is 3.37. The number of ether oxygens (including phenoxy) is 1. The third-order valence-electron chi connectivity index (χ3n) is 6.03. The summed E-state index contributed by atoms with van der Waals surface area (Å²) in [6, 6.07) is 19.9. The fraction of sp³-hybridized carbons (Fsp3) is 0.192. The van der Waals surface area contributed by atoms with Crippen LogP contribution in [0.3, 0.4) is 0 Å². The number of hydrogen-bond donors (Lipinski definition) is 1. The molecule has 1 fully saturated rings. The summed E-state index contributed by atoms with van der Waals surface area (Å²) in [6.07, 6.45) is 1.90. The minimum absolute atomic E-state index is 0.0504. The second kappa shape index (κ2) is 9.38. The molecular formula is C26H24N6O3. The van der Waals surface area contributed by atoms with E-state index in [0.717, 1.165) is 17.1 Å². The highest BCUT2D eigenvalue weighted by Crippen LogP contribution is 2.27. The molecule has 1 unspecified atom stereocenters. The number of nitrogens with one attached hydrogen (secondary N) is 1. The van der Waals surface area contributed by atoms with Gasteiger partial charge >= 0.3 is 0 Å². The maximum Gasteiger partial charge on any atom is 0.238 e. The van der Waals surface area contributed by atoms with Gasteiger partial charge in [0.1, 0.15) is 12.1 Å². The zero-order valence-electron chi connectivity index (χ0n) is 19.4. The molecule has 9 heteroatoms. The molecule has 1 N–H and O–H groups in total. The number of para-hydroxylation sites is 1. The Morgan fingerprint density at radius 3 is 2.43 bits per heavy atom. The number of aryl methyl sites for hydroxylation is 1. The number of carbonyl (C=O) groups excluding carboxylic acids is 2. The predicted molar refractivity (Wildman–Crippen MR) is 131 cm³/mol. The van der Waals surface area contributed by atoms with E-state index >= 15 is 0 Å². The molecule has 176 valence electrons.